The van der Waals surface area contributed by atoms with E-state index in [1.165, 1.54) is 5.56 Å². The van der Waals surface area contributed by atoms with Gasteiger partial charge in [-0.05, 0) is 63.2 Å². The van der Waals surface area contributed by atoms with E-state index in [2.05, 4.69) is 37.1 Å². The predicted molar refractivity (Wildman–Crippen MR) is 151 cm³/mol. The van der Waals surface area contributed by atoms with Gasteiger partial charge in [-0.1, -0.05) is 36.8 Å². The number of anilines is 2. The molecule has 0 spiro atoms. The lowest BCUT2D eigenvalue weighted by atomic mass is 9.81. The number of carboxylic acids is 1. The van der Waals surface area contributed by atoms with Gasteiger partial charge in [0.25, 0.3) is 0 Å². The van der Waals surface area contributed by atoms with E-state index in [1.807, 2.05) is 24.3 Å². The normalized spacial score (nSPS) is 26.4. The third-order valence-electron chi connectivity index (χ3n) is 9.27. The first kappa shape index (κ1) is 26.8. The summed E-state index contributed by atoms with van der Waals surface area (Å²) in [7, 11) is 0. The lowest BCUT2D eigenvalue weighted by Gasteiger charge is -2.42. The van der Waals surface area contributed by atoms with Crippen LogP contribution in [0.4, 0.5) is 16.6 Å². The summed E-state index contributed by atoms with van der Waals surface area (Å²) in [6, 6.07) is 12.5. The molecule has 3 aliphatic heterocycles. The summed E-state index contributed by atoms with van der Waals surface area (Å²) >= 11 is 0. The van der Waals surface area contributed by atoms with E-state index < -0.39 is 5.97 Å². The summed E-state index contributed by atoms with van der Waals surface area (Å²) in [6.45, 7) is 4.86. The molecule has 4 fully saturated rings. The Kier molecular flexibility index (Phi) is 8.04. The number of hydrogen-bond acceptors (Lipinski definition) is 8. The molecule has 4 aliphatic rings. The molecule has 3 saturated heterocycles. The monoisotopic (exact) mass is 548 g/mol. The van der Waals surface area contributed by atoms with Crippen LogP contribution in [0.2, 0.25) is 0 Å². The van der Waals surface area contributed by atoms with Gasteiger partial charge in [0.2, 0.25) is 5.95 Å². The average Bonchev–Trinajstić information content (AvgIpc) is 3.34. The molecular formula is C30H40N6O4. The summed E-state index contributed by atoms with van der Waals surface area (Å²) in [5, 5.41) is 12.6. The number of ether oxygens (including phenoxy) is 1. The fraction of sp³-hybridized carbons (Fsp3) is 0.600. The molecule has 6 rings (SSSR count). The van der Waals surface area contributed by atoms with Gasteiger partial charge in [0.1, 0.15) is 11.9 Å². The van der Waals surface area contributed by atoms with E-state index in [4.69, 9.17) is 9.72 Å². The molecule has 2 N–H and O–H groups in total. The van der Waals surface area contributed by atoms with Gasteiger partial charge in [-0.25, -0.2) is 9.78 Å². The van der Waals surface area contributed by atoms with Crippen molar-refractivity contribution in [2.24, 2.45) is 11.8 Å². The van der Waals surface area contributed by atoms with E-state index in [1.54, 1.807) is 6.20 Å². The van der Waals surface area contributed by atoms with Gasteiger partial charge in [0.15, 0.2) is 0 Å². The number of aliphatic carboxylic acids is 1. The number of carbonyl (C=O) groups excluding carboxylic acids is 1. The number of carboxylic acid groups (broad SMARTS) is 1. The van der Waals surface area contributed by atoms with Crippen LogP contribution in [0.25, 0.3) is 0 Å². The van der Waals surface area contributed by atoms with Crippen molar-refractivity contribution in [3.8, 4) is 0 Å². The number of aromatic nitrogens is 2. The summed E-state index contributed by atoms with van der Waals surface area (Å²) in [6.07, 6.45) is 7.94. The van der Waals surface area contributed by atoms with E-state index in [0.29, 0.717) is 31.3 Å². The highest BCUT2D eigenvalue weighted by molar-refractivity contribution is 5.71. The van der Waals surface area contributed by atoms with Crippen molar-refractivity contribution < 1.29 is 19.4 Å². The molecule has 0 radical (unpaired) electrons. The quantitative estimate of drug-likeness (QED) is 0.508. The second kappa shape index (κ2) is 12.0. The van der Waals surface area contributed by atoms with Gasteiger partial charge in [0.05, 0.1) is 12.0 Å². The minimum atomic E-state index is -0.677. The summed E-state index contributed by atoms with van der Waals surface area (Å²) in [4.78, 5) is 40.4. The molecule has 1 aliphatic carbocycles. The van der Waals surface area contributed by atoms with Crippen molar-refractivity contribution in [3.05, 3.63) is 48.2 Å². The molecule has 10 heteroatoms. The number of likely N-dealkylation sites (tertiary alicyclic amines) is 1. The van der Waals surface area contributed by atoms with Gasteiger partial charge in [-0.3, -0.25) is 9.69 Å². The third kappa shape index (κ3) is 5.87. The molecule has 1 aromatic heterocycles. The standard InChI is InChI=1S/C30H40N6O4/c37-28(38)22-10-15-34(16-11-22)20-23-7-4-8-25-27(23)40-30(39)36(25)24-12-17-35(18-13-24)26-9-14-31-29(33-26)32-19-21-5-2-1-3-6-21/h1-3,5-6,9,14,22-25,27H,4,7-8,10-13,15-20H2,(H,37,38)(H,31,32,33). The molecule has 4 heterocycles. The van der Waals surface area contributed by atoms with Crippen LogP contribution in [-0.4, -0.2) is 87.8 Å². The van der Waals surface area contributed by atoms with Gasteiger partial charge in [-0.2, -0.15) is 4.98 Å². The van der Waals surface area contributed by atoms with Gasteiger partial charge in [-0.15, -0.1) is 0 Å². The van der Waals surface area contributed by atoms with Crippen molar-refractivity contribution >= 4 is 23.8 Å². The molecule has 1 amide bonds. The molecule has 2 aromatic rings. The minimum Gasteiger partial charge on any atom is -0.481 e. The molecule has 1 saturated carbocycles. The smallest absolute Gasteiger partial charge is 0.410 e. The molecule has 10 nitrogen and oxygen atoms in total. The fourth-order valence-electron chi connectivity index (χ4n) is 7.09. The molecule has 40 heavy (non-hydrogen) atoms. The zero-order chi connectivity index (χ0) is 27.5. The lowest BCUT2D eigenvalue weighted by molar-refractivity contribution is -0.143. The number of carbonyl (C=O) groups is 2. The van der Waals surface area contributed by atoms with Crippen molar-refractivity contribution in [2.75, 3.05) is 42.9 Å². The van der Waals surface area contributed by atoms with E-state index >= 15 is 0 Å². The summed E-state index contributed by atoms with van der Waals surface area (Å²) < 4.78 is 6.06. The van der Waals surface area contributed by atoms with Crippen LogP contribution in [0.5, 0.6) is 0 Å². The molecule has 214 valence electrons. The van der Waals surface area contributed by atoms with Crippen molar-refractivity contribution in [1.29, 1.82) is 0 Å². The maximum absolute atomic E-state index is 13.2. The molecule has 3 unspecified atom stereocenters. The van der Waals surface area contributed by atoms with Crippen molar-refractivity contribution in [3.63, 3.8) is 0 Å². The van der Waals surface area contributed by atoms with E-state index in [9.17, 15) is 14.7 Å². The number of nitrogens with one attached hydrogen (secondary N) is 1. The SMILES string of the molecule is O=C(O)C1CCN(CC2CCCC3C2OC(=O)N3C2CCN(c3ccnc(NCc4ccccc4)n3)CC2)CC1. The topological polar surface area (TPSA) is 111 Å². The van der Waals surface area contributed by atoms with Crippen LogP contribution < -0.4 is 10.2 Å². The first-order valence-electron chi connectivity index (χ1n) is 14.8. The highest BCUT2D eigenvalue weighted by Crippen LogP contribution is 2.39. The number of piperidine rings is 2. The Morgan fingerprint density at radius 1 is 1.00 bits per heavy atom. The molecule has 0 bridgehead atoms. The number of nitrogens with zero attached hydrogens (tertiary/aromatic N) is 5. The van der Waals surface area contributed by atoms with Gasteiger partial charge in [0, 0.05) is 44.3 Å². The van der Waals surface area contributed by atoms with E-state index in [0.717, 1.165) is 70.6 Å². The Bertz CT molecular complexity index is 1170. The number of amides is 1. The Morgan fingerprint density at radius 2 is 1.77 bits per heavy atom. The second-order valence-corrected chi connectivity index (χ2v) is 11.7. The molecule has 3 atom stereocenters. The first-order chi connectivity index (χ1) is 19.5. The predicted octanol–water partition coefficient (Wildman–Crippen LogP) is 3.84. The average molecular weight is 549 g/mol. The number of fused-ring (bicyclic) bond motifs is 1. The first-order valence-corrected chi connectivity index (χ1v) is 14.8. The second-order valence-electron chi connectivity index (χ2n) is 11.7. The molecule has 1 aromatic carbocycles. The summed E-state index contributed by atoms with van der Waals surface area (Å²) in [5.41, 5.74) is 1.18. The highest BCUT2D eigenvalue weighted by atomic mass is 16.6. The largest absolute Gasteiger partial charge is 0.481 e. The Hall–Kier alpha value is -3.40. The number of benzene rings is 1. The maximum atomic E-state index is 13.2. The maximum Gasteiger partial charge on any atom is 0.410 e. The zero-order valence-electron chi connectivity index (χ0n) is 23.0. The number of hydrogen-bond donors (Lipinski definition) is 2. The van der Waals surface area contributed by atoms with Crippen LogP contribution in [-0.2, 0) is 16.1 Å². The zero-order valence-corrected chi connectivity index (χ0v) is 23.0. The lowest BCUT2D eigenvalue weighted by Crippen LogP contribution is -2.52. The minimum absolute atomic E-state index is 0.0587. The third-order valence-corrected chi connectivity index (χ3v) is 9.27. The Balaban J connectivity index is 1.03. The molecular weight excluding hydrogens is 508 g/mol. The summed E-state index contributed by atoms with van der Waals surface area (Å²) in [5.74, 6) is 0.950. The Morgan fingerprint density at radius 3 is 2.52 bits per heavy atom. The van der Waals surface area contributed by atoms with Crippen molar-refractivity contribution in [1.82, 2.24) is 19.8 Å². The van der Waals surface area contributed by atoms with E-state index in [-0.39, 0.29) is 30.2 Å². The van der Waals surface area contributed by atoms with Crippen LogP contribution in [0.3, 0.4) is 0 Å². The fourth-order valence-corrected chi connectivity index (χ4v) is 7.09. The van der Waals surface area contributed by atoms with Crippen LogP contribution >= 0.6 is 0 Å². The van der Waals surface area contributed by atoms with Crippen LogP contribution in [0.15, 0.2) is 42.6 Å². The van der Waals surface area contributed by atoms with Gasteiger partial charge >= 0.3 is 12.1 Å². The Labute approximate surface area is 235 Å². The van der Waals surface area contributed by atoms with Crippen molar-refractivity contribution in [2.45, 2.75) is 69.7 Å². The highest BCUT2D eigenvalue weighted by Gasteiger charge is 2.50. The van der Waals surface area contributed by atoms with Crippen LogP contribution in [0, 0.1) is 11.8 Å². The number of rotatable bonds is 8. The van der Waals surface area contributed by atoms with Crippen LogP contribution in [0.1, 0.15) is 50.5 Å². The van der Waals surface area contributed by atoms with Gasteiger partial charge < -0.3 is 25.0 Å².